The molecule has 7 heteroatoms. The van der Waals surface area contributed by atoms with Gasteiger partial charge in [-0.25, -0.2) is 4.68 Å². The van der Waals surface area contributed by atoms with E-state index in [0.717, 1.165) is 5.56 Å². The van der Waals surface area contributed by atoms with E-state index in [1.54, 1.807) is 29.8 Å². The fourth-order valence-electron chi connectivity index (χ4n) is 2.73. The number of hydrogen-bond acceptors (Lipinski definition) is 3. The Morgan fingerprint density at radius 2 is 1.85 bits per heavy atom. The van der Waals surface area contributed by atoms with Crippen LogP contribution in [0.4, 0.5) is 5.69 Å². The summed E-state index contributed by atoms with van der Waals surface area (Å²) in [6, 6.07) is 14.4. The van der Waals surface area contributed by atoms with Crippen LogP contribution in [0, 0.1) is 13.8 Å². The van der Waals surface area contributed by atoms with Crippen LogP contribution in [0.3, 0.4) is 0 Å². The molecule has 0 aliphatic rings. The van der Waals surface area contributed by atoms with Crippen LogP contribution in [0.2, 0.25) is 5.15 Å². The standard InChI is InChI=1S/C20H19ClN4O2/c1-12-6-8-14(9-7-12)11-25-18(21)17(13(2)24-25)20(27)23-16-5-3-4-15(10-16)19(22)26/h3-10H,11H2,1-2H3,(H2,22,26)(H,23,27). The molecule has 27 heavy (non-hydrogen) atoms. The molecule has 3 aromatic rings. The van der Waals surface area contributed by atoms with Gasteiger partial charge < -0.3 is 11.1 Å². The molecular formula is C20H19ClN4O2. The smallest absolute Gasteiger partial charge is 0.260 e. The lowest BCUT2D eigenvalue weighted by Gasteiger charge is -2.07. The van der Waals surface area contributed by atoms with E-state index in [1.165, 1.54) is 11.6 Å². The van der Waals surface area contributed by atoms with E-state index in [4.69, 9.17) is 17.3 Å². The Labute approximate surface area is 161 Å². The number of primary amides is 1. The van der Waals surface area contributed by atoms with E-state index < -0.39 is 11.8 Å². The average molecular weight is 383 g/mol. The number of hydrogen-bond donors (Lipinski definition) is 2. The summed E-state index contributed by atoms with van der Waals surface area (Å²) in [5.41, 5.74) is 9.06. The molecule has 138 valence electrons. The first kappa shape index (κ1) is 18.7. The lowest BCUT2D eigenvalue weighted by molar-refractivity contribution is 0.0996. The average Bonchev–Trinajstić information content (AvgIpc) is 2.90. The van der Waals surface area contributed by atoms with E-state index in [9.17, 15) is 9.59 Å². The Kier molecular flexibility index (Phi) is 5.28. The maximum Gasteiger partial charge on any atom is 0.260 e. The van der Waals surface area contributed by atoms with Crippen LogP contribution in [0.5, 0.6) is 0 Å². The van der Waals surface area contributed by atoms with E-state index >= 15 is 0 Å². The lowest BCUT2D eigenvalue weighted by atomic mass is 10.1. The van der Waals surface area contributed by atoms with Gasteiger partial charge in [0.25, 0.3) is 5.91 Å². The number of halogens is 1. The highest BCUT2D eigenvalue weighted by molar-refractivity contribution is 6.33. The number of nitrogens with zero attached hydrogens (tertiary/aromatic N) is 2. The highest BCUT2D eigenvalue weighted by Crippen LogP contribution is 2.23. The molecule has 1 heterocycles. The first-order valence-electron chi connectivity index (χ1n) is 8.35. The van der Waals surface area contributed by atoms with Crippen molar-refractivity contribution in [3.8, 4) is 0 Å². The van der Waals surface area contributed by atoms with Gasteiger partial charge in [0.05, 0.1) is 17.8 Å². The maximum absolute atomic E-state index is 12.7. The normalized spacial score (nSPS) is 10.6. The Morgan fingerprint density at radius 3 is 2.52 bits per heavy atom. The summed E-state index contributed by atoms with van der Waals surface area (Å²) in [6.07, 6.45) is 0. The van der Waals surface area contributed by atoms with Crippen LogP contribution < -0.4 is 11.1 Å². The van der Waals surface area contributed by atoms with Crippen LogP contribution in [0.1, 0.15) is 37.5 Å². The minimum atomic E-state index is -0.564. The summed E-state index contributed by atoms with van der Waals surface area (Å²) < 4.78 is 1.59. The molecule has 0 saturated carbocycles. The van der Waals surface area contributed by atoms with Crippen LogP contribution in [0.25, 0.3) is 0 Å². The van der Waals surface area contributed by atoms with Gasteiger partial charge in [-0.1, -0.05) is 47.5 Å². The largest absolute Gasteiger partial charge is 0.366 e. The van der Waals surface area contributed by atoms with Gasteiger partial charge in [-0.2, -0.15) is 5.10 Å². The van der Waals surface area contributed by atoms with Crippen LogP contribution in [0.15, 0.2) is 48.5 Å². The molecule has 0 radical (unpaired) electrons. The summed E-state index contributed by atoms with van der Waals surface area (Å²) >= 11 is 6.42. The van der Waals surface area contributed by atoms with Crippen molar-refractivity contribution >= 4 is 29.1 Å². The van der Waals surface area contributed by atoms with Crippen LogP contribution in [-0.2, 0) is 6.54 Å². The third-order valence-corrected chi connectivity index (χ3v) is 4.53. The maximum atomic E-state index is 12.7. The van der Waals surface area contributed by atoms with Crippen molar-refractivity contribution in [2.45, 2.75) is 20.4 Å². The Hall–Kier alpha value is -3.12. The molecular weight excluding hydrogens is 364 g/mol. The molecule has 0 saturated heterocycles. The molecule has 0 fully saturated rings. The fraction of sp³-hybridized carbons (Fsp3) is 0.150. The minimum absolute atomic E-state index is 0.261. The Balaban J connectivity index is 1.83. The molecule has 2 amide bonds. The summed E-state index contributed by atoms with van der Waals surface area (Å²) in [5.74, 6) is -0.958. The van der Waals surface area contributed by atoms with Gasteiger partial charge in [0.1, 0.15) is 5.15 Å². The third kappa shape index (κ3) is 4.17. The van der Waals surface area contributed by atoms with Gasteiger partial charge in [-0.15, -0.1) is 0 Å². The molecule has 0 bridgehead atoms. The van der Waals surface area contributed by atoms with E-state index in [1.807, 2.05) is 31.2 Å². The molecule has 3 N–H and O–H groups in total. The second-order valence-corrected chi connectivity index (χ2v) is 6.65. The number of carbonyl (C=O) groups is 2. The SMILES string of the molecule is Cc1ccc(Cn2nc(C)c(C(=O)Nc3cccc(C(N)=O)c3)c2Cl)cc1. The number of anilines is 1. The van der Waals surface area contributed by atoms with Crippen molar-refractivity contribution < 1.29 is 9.59 Å². The highest BCUT2D eigenvalue weighted by Gasteiger charge is 2.20. The van der Waals surface area contributed by atoms with Gasteiger partial charge >= 0.3 is 0 Å². The topological polar surface area (TPSA) is 90.0 Å². The van der Waals surface area contributed by atoms with E-state index in [-0.39, 0.29) is 5.15 Å². The van der Waals surface area contributed by atoms with Crippen molar-refractivity contribution in [1.82, 2.24) is 9.78 Å². The predicted octanol–water partition coefficient (Wildman–Crippen LogP) is 3.55. The number of aryl methyl sites for hydroxylation is 2. The molecule has 3 rings (SSSR count). The van der Waals surface area contributed by atoms with Gasteiger partial charge in [-0.3, -0.25) is 9.59 Å². The number of carbonyl (C=O) groups excluding carboxylic acids is 2. The zero-order valence-corrected chi connectivity index (χ0v) is 15.7. The number of amides is 2. The lowest BCUT2D eigenvalue weighted by Crippen LogP contribution is -2.15. The molecule has 0 unspecified atom stereocenters. The molecule has 6 nitrogen and oxygen atoms in total. The zero-order valence-electron chi connectivity index (χ0n) is 15.0. The van der Waals surface area contributed by atoms with E-state index in [2.05, 4.69) is 10.4 Å². The zero-order chi connectivity index (χ0) is 19.6. The van der Waals surface area contributed by atoms with Crippen molar-refractivity contribution in [3.63, 3.8) is 0 Å². The fourth-order valence-corrected chi connectivity index (χ4v) is 3.05. The molecule has 0 aliphatic carbocycles. The van der Waals surface area contributed by atoms with Crippen LogP contribution >= 0.6 is 11.6 Å². The number of nitrogens with one attached hydrogen (secondary N) is 1. The molecule has 0 atom stereocenters. The third-order valence-electron chi connectivity index (χ3n) is 4.15. The number of benzene rings is 2. The quantitative estimate of drug-likeness (QED) is 0.707. The van der Waals surface area contributed by atoms with Gasteiger partial charge in [-0.05, 0) is 37.6 Å². The molecule has 2 aromatic carbocycles. The summed E-state index contributed by atoms with van der Waals surface area (Å²) in [7, 11) is 0. The second kappa shape index (κ2) is 7.63. The van der Waals surface area contributed by atoms with Gasteiger partial charge in [0.2, 0.25) is 5.91 Å². The molecule has 0 aliphatic heterocycles. The van der Waals surface area contributed by atoms with Gasteiger partial charge in [0.15, 0.2) is 0 Å². The van der Waals surface area contributed by atoms with Crippen LogP contribution in [-0.4, -0.2) is 21.6 Å². The highest BCUT2D eigenvalue weighted by atomic mass is 35.5. The Bertz CT molecular complexity index is 1010. The van der Waals surface area contributed by atoms with Crippen molar-refractivity contribution in [3.05, 3.63) is 81.6 Å². The predicted molar refractivity (Wildman–Crippen MR) is 105 cm³/mol. The monoisotopic (exact) mass is 382 g/mol. The minimum Gasteiger partial charge on any atom is -0.366 e. The van der Waals surface area contributed by atoms with Crippen molar-refractivity contribution in [1.29, 1.82) is 0 Å². The molecule has 0 spiro atoms. The van der Waals surface area contributed by atoms with Gasteiger partial charge in [0, 0.05) is 11.3 Å². The number of nitrogens with two attached hydrogens (primary N) is 1. The number of rotatable bonds is 5. The summed E-state index contributed by atoms with van der Waals surface area (Å²) in [4.78, 5) is 24.0. The van der Waals surface area contributed by atoms with Crippen molar-refractivity contribution in [2.24, 2.45) is 5.73 Å². The number of aromatic nitrogens is 2. The first-order chi connectivity index (χ1) is 12.8. The molecule has 1 aromatic heterocycles. The van der Waals surface area contributed by atoms with E-state index in [0.29, 0.717) is 29.1 Å². The Morgan fingerprint density at radius 1 is 1.15 bits per heavy atom. The summed E-state index contributed by atoms with van der Waals surface area (Å²) in [5, 5.41) is 7.38. The second-order valence-electron chi connectivity index (χ2n) is 6.29. The first-order valence-corrected chi connectivity index (χ1v) is 8.72. The van der Waals surface area contributed by atoms with Crippen molar-refractivity contribution in [2.75, 3.05) is 5.32 Å². The summed E-state index contributed by atoms with van der Waals surface area (Å²) in [6.45, 7) is 4.21.